The van der Waals surface area contributed by atoms with E-state index < -0.39 is 0 Å². The second kappa shape index (κ2) is 6.97. The van der Waals surface area contributed by atoms with Crippen molar-refractivity contribution in [2.24, 2.45) is 0 Å². The lowest BCUT2D eigenvalue weighted by atomic mass is 9.91. The molecule has 0 N–H and O–H groups in total. The van der Waals surface area contributed by atoms with Crippen molar-refractivity contribution in [1.82, 2.24) is 0 Å². The summed E-state index contributed by atoms with van der Waals surface area (Å²) in [7, 11) is 0. The fourth-order valence-corrected chi connectivity index (χ4v) is 2.66. The molecule has 2 rings (SSSR count). The molecule has 0 saturated carbocycles. The minimum Gasteiger partial charge on any atom is -0.0843 e. The number of hydrogen-bond acceptors (Lipinski definition) is 0. The van der Waals surface area contributed by atoms with Crippen molar-refractivity contribution in [3.05, 3.63) is 75.3 Å². The molecule has 0 saturated heterocycles. The predicted molar refractivity (Wildman–Crippen MR) is 89.5 cm³/mol. The van der Waals surface area contributed by atoms with Crippen LogP contribution in [0.5, 0.6) is 0 Å². The highest BCUT2D eigenvalue weighted by Crippen LogP contribution is 2.31. The van der Waals surface area contributed by atoms with Crippen LogP contribution in [0.2, 0.25) is 10.0 Å². The summed E-state index contributed by atoms with van der Waals surface area (Å²) >= 11 is 12.0. The van der Waals surface area contributed by atoms with Gasteiger partial charge in [0.05, 0.1) is 0 Å². The molecular weight excluding hydrogens is 287 g/mol. The topological polar surface area (TPSA) is 0 Å². The van der Waals surface area contributed by atoms with Gasteiger partial charge < -0.3 is 0 Å². The van der Waals surface area contributed by atoms with E-state index in [1.54, 1.807) is 0 Å². The Balaban J connectivity index is 2.59. The van der Waals surface area contributed by atoms with Crippen LogP contribution in [0.4, 0.5) is 0 Å². The van der Waals surface area contributed by atoms with E-state index >= 15 is 0 Å². The molecule has 104 valence electrons. The molecule has 0 fully saturated rings. The maximum absolute atomic E-state index is 6.00. The fraction of sp³-hybridized carbons (Fsp3) is 0.222. The Morgan fingerprint density at radius 1 is 0.700 bits per heavy atom. The average molecular weight is 305 g/mol. The lowest BCUT2D eigenvalue weighted by Crippen LogP contribution is -1.94. The quantitative estimate of drug-likeness (QED) is 0.595. The molecule has 0 spiro atoms. The molecule has 0 aromatic heterocycles. The van der Waals surface area contributed by atoms with E-state index in [1.807, 2.05) is 24.3 Å². The Hall–Kier alpha value is -1.24. The summed E-state index contributed by atoms with van der Waals surface area (Å²) in [5.41, 5.74) is 5.14. The first-order chi connectivity index (χ1) is 9.65. The van der Waals surface area contributed by atoms with Gasteiger partial charge in [-0.15, -0.1) is 0 Å². The molecule has 2 heteroatoms. The van der Waals surface area contributed by atoms with Gasteiger partial charge >= 0.3 is 0 Å². The van der Waals surface area contributed by atoms with Gasteiger partial charge in [0.25, 0.3) is 0 Å². The molecule has 20 heavy (non-hydrogen) atoms. The Labute approximate surface area is 131 Å². The van der Waals surface area contributed by atoms with Crippen LogP contribution in [-0.2, 0) is 0 Å². The largest absolute Gasteiger partial charge is 0.0843 e. The number of rotatable bonds is 4. The van der Waals surface area contributed by atoms with Crippen LogP contribution in [0.25, 0.3) is 5.57 Å². The second-order valence-corrected chi connectivity index (χ2v) is 5.57. The highest BCUT2D eigenvalue weighted by atomic mass is 35.5. The lowest BCUT2D eigenvalue weighted by Gasteiger charge is -2.14. The van der Waals surface area contributed by atoms with Crippen LogP contribution in [0.3, 0.4) is 0 Å². The Bertz CT molecular complexity index is 539. The predicted octanol–water partition coefficient (Wildman–Crippen LogP) is 6.62. The van der Waals surface area contributed by atoms with E-state index in [2.05, 4.69) is 38.1 Å². The molecule has 2 aromatic rings. The first kappa shape index (κ1) is 15.2. The van der Waals surface area contributed by atoms with Crippen molar-refractivity contribution in [3.8, 4) is 0 Å². The van der Waals surface area contributed by atoms with Crippen LogP contribution in [-0.4, -0.2) is 0 Å². The molecule has 0 aliphatic rings. The summed E-state index contributed by atoms with van der Waals surface area (Å²) in [6.45, 7) is 4.40. The van der Waals surface area contributed by atoms with Gasteiger partial charge in [0.2, 0.25) is 0 Å². The number of benzene rings is 2. The van der Waals surface area contributed by atoms with E-state index in [9.17, 15) is 0 Å². The van der Waals surface area contributed by atoms with Gasteiger partial charge in [0, 0.05) is 10.0 Å². The highest BCUT2D eigenvalue weighted by molar-refractivity contribution is 6.31. The third-order valence-corrected chi connectivity index (χ3v) is 3.98. The van der Waals surface area contributed by atoms with Crippen molar-refractivity contribution in [2.45, 2.75) is 26.7 Å². The second-order valence-electron chi connectivity index (χ2n) is 4.70. The van der Waals surface area contributed by atoms with Crippen molar-refractivity contribution in [3.63, 3.8) is 0 Å². The van der Waals surface area contributed by atoms with E-state index in [1.165, 1.54) is 22.3 Å². The third kappa shape index (κ3) is 3.45. The summed E-state index contributed by atoms with van der Waals surface area (Å²) in [5.74, 6) is 0. The average Bonchev–Trinajstić information content (AvgIpc) is 2.47. The summed E-state index contributed by atoms with van der Waals surface area (Å²) in [6, 6.07) is 16.1. The maximum atomic E-state index is 6.00. The van der Waals surface area contributed by atoms with Gasteiger partial charge in [-0.05, 0) is 53.8 Å². The fourth-order valence-electron chi connectivity index (χ4n) is 2.41. The minimum absolute atomic E-state index is 0.763. The van der Waals surface area contributed by atoms with Crippen molar-refractivity contribution in [2.75, 3.05) is 0 Å². The van der Waals surface area contributed by atoms with E-state index in [0.717, 1.165) is 22.9 Å². The molecular formula is C18H18Cl2. The van der Waals surface area contributed by atoms with Crippen LogP contribution in [0.15, 0.2) is 54.1 Å². The first-order valence-electron chi connectivity index (χ1n) is 6.89. The minimum atomic E-state index is 0.763. The van der Waals surface area contributed by atoms with E-state index in [0.29, 0.717) is 0 Å². The molecule has 0 heterocycles. The SMILES string of the molecule is CCC(CC)=C(c1ccc(Cl)cc1)c1ccc(Cl)cc1. The molecule has 0 aliphatic heterocycles. The van der Waals surface area contributed by atoms with Gasteiger partial charge in [-0.3, -0.25) is 0 Å². The zero-order valence-electron chi connectivity index (χ0n) is 11.8. The molecule has 0 unspecified atom stereocenters. The molecule has 0 atom stereocenters. The normalized spacial score (nSPS) is 10.4. The van der Waals surface area contributed by atoms with E-state index in [4.69, 9.17) is 23.2 Å². The zero-order valence-corrected chi connectivity index (χ0v) is 13.3. The van der Waals surface area contributed by atoms with Gasteiger partial charge in [-0.1, -0.05) is 66.9 Å². The van der Waals surface area contributed by atoms with Gasteiger partial charge in [0.15, 0.2) is 0 Å². The highest BCUT2D eigenvalue weighted by Gasteiger charge is 2.10. The Morgan fingerprint density at radius 2 is 1.05 bits per heavy atom. The third-order valence-electron chi connectivity index (χ3n) is 3.47. The standard InChI is InChI=1S/C18H18Cl2/c1-3-13(4-2)18(14-5-9-16(19)10-6-14)15-7-11-17(20)12-8-15/h5-12H,3-4H2,1-2H3. The van der Waals surface area contributed by atoms with Gasteiger partial charge in [0.1, 0.15) is 0 Å². The van der Waals surface area contributed by atoms with Crippen LogP contribution >= 0.6 is 23.2 Å². The van der Waals surface area contributed by atoms with Crippen LogP contribution in [0, 0.1) is 0 Å². The van der Waals surface area contributed by atoms with Crippen LogP contribution in [0.1, 0.15) is 37.8 Å². The summed E-state index contributed by atoms with van der Waals surface area (Å²) in [6.07, 6.45) is 2.08. The number of hydrogen-bond donors (Lipinski definition) is 0. The van der Waals surface area contributed by atoms with Gasteiger partial charge in [-0.2, -0.15) is 0 Å². The molecule has 0 amide bonds. The monoisotopic (exact) mass is 304 g/mol. The van der Waals surface area contributed by atoms with Crippen molar-refractivity contribution < 1.29 is 0 Å². The van der Waals surface area contributed by atoms with E-state index in [-0.39, 0.29) is 0 Å². The molecule has 0 bridgehead atoms. The Kier molecular flexibility index (Phi) is 5.28. The first-order valence-corrected chi connectivity index (χ1v) is 7.65. The zero-order chi connectivity index (χ0) is 14.5. The molecule has 0 radical (unpaired) electrons. The lowest BCUT2D eigenvalue weighted by molar-refractivity contribution is 0.981. The maximum Gasteiger partial charge on any atom is 0.0406 e. The molecule has 2 aromatic carbocycles. The summed E-state index contributed by atoms with van der Waals surface area (Å²) in [5, 5.41) is 1.53. The summed E-state index contributed by atoms with van der Waals surface area (Å²) < 4.78 is 0. The molecule has 0 aliphatic carbocycles. The van der Waals surface area contributed by atoms with Gasteiger partial charge in [-0.25, -0.2) is 0 Å². The number of allylic oxidation sites excluding steroid dienone is 1. The smallest absolute Gasteiger partial charge is 0.0406 e. The van der Waals surface area contributed by atoms with Crippen molar-refractivity contribution >= 4 is 28.8 Å². The van der Waals surface area contributed by atoms with Crippen molar-refractivity contribution in [1.29, 1.82) is 0 Å². The summed E-state index contributed by atoms with van der Waals surface area (Å²) in [4.78, 5) is 0. The van der Waals surface area contributed by atoms with Crippen LogP contribution < -0.4 is 0 Å². The molecule has 0 nitrogen and oxygen atoms in total. The number of halogens is 2. The Morgan fingerprint density at radius 3 is 1.35 bits per heavy atom.